The second-order valence-electron chi connectivity index (χ2n) is 4.54. The summed E-state index contributed by atoms with van der Waals surface area (Å²) < 4.78 is 16.0. The predicted octanol–water partition coefficient (Wildman–Crippen LogP) is 5.79. The predicted molar refractivity (Wildman–Crippen MR) is 95.4 cm³/mol. The Bertz CT molecular complexity index is 607. The van der Waals surface area contributed by atoms with Crippen molar-refractivity contribution in [1.29, 1.82) is 0 Å². The maximum Gasteiger partial charge on any atom is 0.128 e. The molecule has 2 rings (SSSR count). The summed E-state index contributed by atoms with van der Waals surface area (Å²) in [6.07, 6.45) is 0. The van der Waals surface area contributed by atoms with Crippen molar-refractivity contribution in [3.8, 4) is 0 Å². The van der Waals surface area contributed by atoms with E-state index in [0.29, 0.717) is 5.56 Å². The second-order valence-corrected chi connectivity index (χ2v) is 7.47. The second kappa shape index (κ2) is 8.32. The summed E-state index contributed by atoms with van der Waals surface area (Å²) in [7, 11) is 0. The average Bonchev–Trinajstić information content (AvgIpc) is 2.46. The summed E-state index contributed by atoms with van der Waals surface area (Å²) >= 11 is 8.60. The lowest BCUT2D eigenvalue weighted by molar-refractivity contribution is 0.545. The molecule has 21 heavy (non-hydrogen) atoms. The molecule has 0 saturated heterocycles. The Hall–Kier alpha value is -0.360. The van der Waals surface area contributed by atoms with Crippen molar-refractivity contribution in [2.75, 3.05) is 12.3 Å². The van der Waals surface area contributed by atoms with Gasteiger partial charge in [0.05, 0.1) is 0 Å². The largest absolute Gasteiger partial charge is 0.309 e. The minimum Gasteiger partial charge on any atom is -0.309 e. The van der Waals surface area contributed by atoms with Crippen LogP contribution in [0.25, 0.3) is 0 Å². The van der Waals surface area contributed by atoms with Gasteiger partial charge >= 0.3 is 0 Å². The van der Waals surface area contributed by atoms with Crippen LogP contribution in [-0.4, -0.2) is 12.3 Å². The molecule has 2 aromatic carbocycles. The SMILES string of the molecule is CCNC(CSc1cccc(Br)c1)c1cc(Br)ccc1F. The van der Waals surface area contributed by atoms with Crippen LogP contribution in [0, 0.1) is 5.82 Å². The molecule has 0 fully saturated rings. The summed E-state index contributed by atoms with van der Waals surface area (Å²) in [5.74, 6) is 0.608. The molecule has 1 atom stereocenters. The molecule has 5 heteroatoms. The molecule has 2 aromatic rings. The molecule has 1 unspecified atom stereocenters. The Morgan fingerprint density at radius 3 is 2.62 bits per heavy atom. The average molecular weight is 433 g/mol. The number of thioether (sulfide) groups is 1. The number of nitrogens with one attached hydrogen (secondary N) is 1. The maximum atomic E-state index is 14.1. The highest BCUT2D eigenvalue weighted by Gasteiger charge is 2.15. The van der Waals surface area contributed by atoms with Gasteiger partial charge in [0, 0.05) is 31.2 Å². The topological polar surface area (TPSA) is 12.0 Å². The molecule has 0 aliphatic heterocycles. The molecular weight excluding hydrogens is 417 g/mol. The van der Waals surface area contributed by atoms with Crippen LogP contribution >= 0.6 is 43.6 Å². The lowest BCUT2D eigenvalue weighted by Crippen LogP contribution is -2.24. The third kappa shape index (κ3) is 5.09. The van der Waals surface area contributed by atoms with Gasteiger partial charge in [-0.05, 0) is 42.9 Å². The van der Waals surface area contributed by atoms with E-state index >= 15 is 0 Å². The number of hydrogen-bond donors (Lipinski definition) is 1. The Morgan fingerprint density at radius 2 is 1.90 bits per heavy atom. The van der Waals surface area contributed by atoms with Gasteiger partial charge in [-0.25, -0.2) is 4.39 Å². The zero-order chi connectivity index (χ0) is 15.2. The van der Waals surface area contributed by atoms with Gasteiger partial charge in [-0.1, -0.05) is 44.8 Å². The third-order valence-corrected chi connectivity index (χ3v) is 5.07. The number of benzene rings is 2. The summed E-state index contributed by atoms with van der Waals surface area (Å²) in [4.78, 5) is 1.17. The summed E-state index contributed by atoms with van der Waals surface area (Å²) in [5.41, 5.74) is 0.703. The first kappa shape index (κ1) is 17.0. The lowest BCUT2D eigenvalue weighted by atomic mass is 10.1. The van der Waals surface area contributed by atoms with E-state index in [1.54, 1.807) is 17.8 Å². The van der Waals surface area contributed by atoms with Crippen LogP contribution in [0.1, 0.15) is 18.5 Å². The van der Waals surface area contributed by atoms with Crippen molar-refractivity contribution in [3.63, 3.8) is 0 Å². The summed E-state index contributed by atoms with van der Waals surface area (Å²) in [6, 6.07) is 13.2. The summed E-state index contributed by atoms with van der Waals surface area (Å²) in [6.45, 7) is 2.84. The van der Waals surface area contributed by atoms with Crippen LogP contribution < -0.4 is 5.32 Å². The van der Waals surface area contributed by atoms with Crippen molar-refractivity contribution >= 4 is 43.6 Å². The van der Waals surface area contributed by atoms with E-state index in [-0.39, 0.29) is 11.9 Å². The van der Waals surface area contributed by atoms with Gasteiger partial charge in [-0.15, -0.1) is 11.8 Å². The fourth-order valence-electron chi connectivity index (χ4n) is 2.02. The van der Waals surface area contributed by atoms with Gasteiger partial charge in [0.15, 0.2) is 0 Å². The monoisotopic (exact) mass is 431 g/mol. The molecule has 112 valence electrons. The van der Waals surface area contributed by atoms with E-state index in [4.69, 9.17) is 0 Å². The van der Waals surface area contributed by atoms with E-state index < -0.39 is 0 Å². The molecule has 1 N–H and O–H groups in total. The Morgan fingerprint density at radius 1 is 1.14 bits per heavy atom. The molecule has 0 aliphatic carbocycles. The lowest BCUT2D eigenvalue weighted by Gasteiger charge is -2.19. The van der Waals surface area contributed by atoms with Crippen LogP contribution in [0.2, 0.25) is 0 Å². The number of hydrogen-bond acceptors (Lipinski definition) is 2. The highest BCUT2D eigenvalue weighted by Crippen LogP contribution is 2.29. The number of rotatable bonds is 6. The van der Waals surface area contributed by atoms with Gasteiger partial charge < -0.3 is 5.32 Å². The van der Waals surface area contributed by atoms with E-state index in [9.17, 15) is 4.39 Å². The quantitative estimate of drug-likeness (QED) is 0.579. The van der Waals surface area contributed by atoms with Gasteiger partial charge in [-0.2, -0.15) is 0 Å². The van der Waals surface area contributed by atoms with Crippen molar-refractivity contribution in [2.24, 2.45) is 0 Å². The van der Waals surface area contributed by atoms with Gasteiger partial charge in [-0.3, -0.25) is 0 Å². The van der Waals surface area contributed by atoms with E-state index in [1.807, 2.05) is 25.1 Å². The molecule has 0 amide bonds. The van der Waals surface area contributed by atoms with Crippen LogP contribution in [0.5, 0.6) is 0 Å². The Balaban J connectivity index is 2.13. The van der Waals surface area contributed by atoms with E-state index in [0.717, 1.165) is 21.2 Å². The van der Waals surface area contributed by atoms with Crippen molar-refractivity contribution in [2.45, 2.75) is 17.9 Å². The Kier molecular flexibility index (Phi) is 6.74. The van der Waals surface area contributed by atoms with Crippen LogP contribution in [-0.2, 0) is 0 Å². The van der Waals surface area contributed by atoms with Crippen LogP contribution in [0.15, 0.2) is 56.3 Å². The highest BCUT2D eigenvalue weighted by molar-refractivity contribution is 9.10. The first-order valence-corrected chi connectivity index (χ1v) is 9.24. The van der Waals surface area contributed by atoms with Crippen molar-refractivity contribution in [3.05, 3.63) is 62.8 Å². The minimum atomic E-state index is -0.168. The van der Waals surface area contributed by atoms with Crippen molar-refractivity contribution in [1.82, 2.24) is 5.32 Å². The molecule has 0 radical (unpaired) electrons. The molecular formula is C16H16Br2FNS. The van der Waals surface area contributed by atoms with Gasteiger partial charge in [0.25, 0.3) is 0 Å². The molecule has 0 spiro atoms. The first-order valence-electron chi connectivity index (χ1n) is 6.67. The number of halogens is 3. The van der Waals surface area contributed by atoms with Crippen LogP contribution in [0.4, 0.5) is 4.39 Å². The standard InChI is InChI=1S/C16H16Br2FNS/c1-2-20-16(14-9-12(18)6-7-15(14)19)10-21-13-5-3-4-11(17)8-13/h3-9,16,20H,2,10H2,1H3. The molecule has 0 saturated carbocycles. The van der Waals surface area contributed by atoms with Gasteiger partial charge in [0.2, 0.25) is 0 Å². The summed E-state index contributed by atoms with van der Waals surface area (Å²) in [5, 5.41) is 3.36. The first-order chi connectivity index (χ1) is 10.1. The van der Waals surface area contributed by atoms with Gasteiger partial charge in [0.1, 0.15) is 5.82 Å². The van der Waals surface area contributed by atoms with Crippen LogP contribution in [0.3, 0.4) is 0 Å². The highest BCUT2D eigenvalue weighted by atomic mass is 79.9. The molecule has 1 nitrogen and oxygen atoms in total. The molecule has 0 bridgehead atoms. The zero-order valence-corrected chi connectivity index (χ0v) is 15.6. The maximum absolute atomic E-state index is 14.1. The molecule has 0 heterocycles. The minimum absolute atomic E-state index is 0.0171. The zero-order valence-electron chi connectivity index (χ0n) is 11.6. The Labute approximate surface area is 146 Å². The van der Waals surface area contributed by atoms with E-state index in [1.165, 1.54) is 11.0 Å². The van der Waals surface area contributed by atoms with Crippen molar-refractivity contribution < 1.29 is 4.39 Å². The normalized spacial score (nSPS) is 12.4. The van der Waals surface area contributed by atoms with E-state index in [2.05, 4.69) is 49.3 Å². The third-order valence-electron chi connectivity index (χ3n) is 3.00. The fourth-order valence-corrected chi connectivity index (χ4v) is 3.99. The molecule has 0 aromatic heterocycles. The molecule has 0 aliphatic rings. The smallest absolute Gasteiger partial charge is 0.128 e. The fraction of sp³-hybridized carbons (Fsp3) is 0.250.